The van der Waals surface area contributed by atoms with E-state index in [9.17, 15) is 0 Å². The predicted octanol–water partition coefficient (Wildman–Crippen LogP) is 2.12. The first-order valence-electron chi connectivity index (χ1n) is 6.52. The highest BCUT2D eigenvalue weighted by Crippen LogP contribution is 2.24. The number of hydrogen-bond donors (Lipinski definition) is 1. The largest absolute Gasteiger partial charge is 0.380 e. The Labute approximate surface area is 116 Å². The summed E-state index contributed by atoms with van der Waals surface area (Å²) in [5, 5.41) is 3.58. The van der Waals surface area contributed by atoms with Crippen LogP contribution in [0.4, 0.5) is 5.69 Å². The lowest BCUT2D eigenvalue weighted by Gasteiger charge is -2.41. The van der Waals surface area contributed by atoms with Gasteiger partial charge in [-0.25, -0.2) is 4.98 Å². The molecule has 1 N–H and O–H groups in total. The average Bonchev–Trinajstić information content (AvgIpc) is 2.32. The molecule has 2 saturated heterocycles. The Kier molecular flexibility index (Phi) is 3.82. The maximum Gasteiger partial charge on any atom is 0.129 e. The van der Waals surface area contributed by atoms with Crippen LogP contribution in [0.2, 0.25) is 0 Å². The van der Waals surface area contributed by atoms with E-state index < -0.39 is 0 Å². The normalized spacial score (nSPS) is 22.7. The third-order valence-corrected chi connectivity index (χ3v) is 4.42. The highest BCUT2D eigenvalue weighted by atomic mass is 79.9. The van der Waals surface area contributed by atoms with Gasteiger partial charge in [0.15, 0.2) is 0 Å². The predicted molar refractivity (Wildman–Crippen MR) is 74.8 cm³/mol. The van der Waals surface area contributed by atoms with Gasteiger partial charge in [-0.1, -0.05) is 0 Å². The molecule has 2 aliphatic heterocycles. The van der Waals surface area contributed by atoms with Gasteiger partial charge in [-0.05, 0) is 40.9 Å². The van der Waals surface area contributed by atoms with Crippen LogP contribution in [0.5, 0.6) is 0 Å². The fourth-order valence-corrected chi connectivity index (χ4v) is 2.92. The minimum Gasteiger partial charge on any atom is -0.380 e. The van der Waals surface area contributed by atoms with Crippen molar-refractivity contribution in [3.05, 3.63) is 22.9 Å². The molecule has 1 aromatic rings. The second kappa shape index (κ2) is 5.55. The van der Waals surface area contributed by atoms with Crippen molar-refractivity contribution in [2.24, 2.45) is 0 Å². The molecule has 0 radical (unpaired) electrons. The van der Waals surface area contributed by atoms with E-state index >= 15 is 0 Å². The van der Waals surface area contributed by atoms with Gasteiger partial charge < -0.3 is 10.1 Å². The number of ether oxygens (including phenoxy) is 1. The molecule has 0 aliphatic carbocycles. The lowest BCUT2D eigenvalue weighted by atomic mass is 10.0. The van der Waals surface area contributed by atoms with E-state index in [0.29, 0.717) is 12.1 Å². The molecule has 3 rings (SSSR count). The van der Waals surface area contributed by atoms with Crippen LogP contribution in [0.15, 0.2) is 22.9 Å². The zero-order valence-corrected chi connectivity index (χ0v) is 11.9. The SMILES string of the molecule is Brc1ncccc1NC1CCN(C2COC2)CC1. The summed E-state index contributed by atoms with van der Waals surface area (Å²) in [6.45, 7) is 4.19. The van der Waals surface area contributed by atoms with Gasteiger partial charge >= 0.3 is 0 Å². The van der Waals surface area contributed by atoms with Gasteiger partial charge in [0.25, 0.3) is 0 Å². The minimum atomic E-state index is 0.558. The molecule has 0 aromatic carbocycles. The van der Waals surface area contributed by atoms with Crippen molar-refractivity contribution >= 4 is 21.6 Å². The molecule has 0 bridgehead atoms. The molecule has 0 unspecified atom stereocenters. The minimum absolute atomic E-state index is 0.558. The quantitative estimate of drug-likeness (QED) is 0.868. The van der Waals surface area contributed by atoms with E-state index in [0.717, 1.165) is 23.5 Å². The lowest BCUT2D eigenvalue weighted by Crippen LogP contribution is -2.53. The summed E-state index contributed by atoms with van der Waals surface area (Å²) in [4.78, 5) is 6.79. The molecule has 18 heavy (non-hydrogen) atoms. The van der Waals surface area contributed by atoms with E-state index in [-0.39, 0.29) is 0 Å². The Balaban J connectivity index is 1.52. The molecule has 5 heteroatoms. The molecule has 0 amide bonds. The number of aromatic nitrogens is 1. The number of piperidine rings is 1. The molecule has 2 aliphatic rings. The first-order valence-corrected chi connectivity index (χ1v) is 7.31. The van der Waals surface area contributed by atoms with Crippen molar-refractivity contribution in [3.63, 3.8) is 0 Å². The Bertz CT molecular complexity index is 403. The van der Waals surface area contributed by atoms with Crippen LogP contribution >= 0.6 is 15.9 Å². The third-order valence-electron chi connectivity index (χ3n) is 3.79. The number of pyridine rings is 1. The lowest BCUT2D eigenvalue weighted by molar-refractivity contribution is -0.0705. The van der Waals surface area contributed by atoms with Crippen LogP contribution in [0.3, 0.4) is 0 Å². The molecule has 4 nitrogen and oxygen atoms in total. The van der Waals surface area contributed by atoms with Crippen molar-refractivity contribution in [1.82, 2.24) is 9.88 Å². The van der Waals surface area contributed by atoms with Gasteiger partial charge in [0.1, 0.15) is 4.60 Å². The zero-order chi connectivity index (χ0) is 12.4. The number of nitrogens with zero attached hydrogens (tertiary/aromatic N) is 2. The highest BCUT2D eigenvalue weighted by molar-refractivity contribution is 9.10. The van der Waals surface area contributed by atoms with Gasteiger partial charge in [-0.15, -0.1) is 0 Å². The molecule has 2 fully saturated rings. The van der Waals surface area contributed by atoms with Gasteiger partial charge in [0, 0.05) is 25.3 Å². The van der Waals surface area contributed by atoms with Crippen molar-refractivity contribution in [2.45, 2.75) is 24.9 Å². The summed E-state index contributed by atoms with van der Waals surface area (Å²) in [7, 11) is 0. The zero-order valence-electron chi connectivity index (χ0n) is 10.3. The van der Waals surface area contributed by atoms with E-state index in [4.69, 9.17) is 4.74 Å². The van der Waals surface area contributed by atoms with Crippen LogP contribution in [0.25, 0.3) is 0 Å². The maximum absolute atomic E-state index is 5.25. The number of anilines is 1. The standard InChI is InChI=1S/C13H18BrN3O/c14-13-12(2-1-5-15-13)16-10-3-6-17(7-4-10)11-8-18-9-11/h1-2,5,10-11,16H,3-4,6-9H2. The molecular formula is C13H18BrN3O. The van der Waals surface area contributed by atoms with Crippen LogP contribution in [-0.4, -0.2) is 48.3 Å². The summed E-state index contributed by atoms with van der Waals surface area (Å²) in [5.74, 6) is 0. The van der Waals surface area contributed by atoms with Crippen molar-refractivity contribution in [3.8, 4) is 0 Å². The summed E-state index contributed by atoms with van der Waals surface area (Å²) in [5.41, 5.74) is 1.10. The topological polar surface area (TPSA) is 37.4 Å². The van der Waals surface area contributed by atoms with E-state index in [1.54, 1.807) is 6.20 Å². The maximum atomic E-state index is 5.25. The Morgan fingerprint density at radius 1 is 1.33 bits per heavy atom. The second-order valence-corrected chi connectivity index (χ2v) is 5.74. The van der Waals surface area contributed by atoms with E-state index in [1.807, 2.05) is 6.07 Å². The van der Waals surface area contributed by atoms with Crippen molar-refractivity contribution in [1.29, 1.82) is 0 Å². The monoisotopic (exact) mass is 311 g/mol. The smallest absolute Gasteiger partial charge is 0.129 e. The highest BCUT2D eigenvalue weighted by Gasteiger charge is 2.29. The van der Waals surface area contributed by atoms with Crippen LogP contribution in [-0.2, 0) is 4.74 Å². The van der Waals surface area contributed by atoms with Crippen LogP contribution in [0, 0.1) is 0 Å². The van der Waals surface area contributed by atoms with Gasteiger partial charge in [0.2, 0.25) is 0 Å². The number of rotatable bonds is 3. The molecular weight excluding hydrogens is 294 g/mol. The number of halogens is 1. The first kappa shape index (κ1) is 12.4. The Hall–Kier alpha value is -0.650. The summed E-state index contributed by atoms with van der Waals surface area (Å²) >= 11 is 3.48. The van der Waals surface area contributed by atoms with Gasteiger partial charge in [-0.3, -0.25) is 4.90 Å². The van der Waals surface area contributed by atoms with Gasteiger partial charge in [-0.2, -0.15) is 0 Å². The van der Waals surface area contributed by atoms with E-state index in [1.165, 1.54) is 25.9 Å². The molecule has 3 heterocycles. The molecule has 0 saturated carbocycles. The van der Waals surface area contributed by atoms with Gasteiger partial charge in [0.05, 0.1) is 24.9 Å². The fraction of sp³-hybridized carbons (Fsp3) is 0.615. The summed E-state index contributed by atoms with van der Waals surface area (Å²) < 4.78 is 6.16. The Morgan fingerprint density at radius 3 is 2.72 bits per heavy atom. The Morgan fingerprint density at radius 2 is 2.11 bits per heavy atom. The second-order valence-electron chi connectivity index (χ2n) is 4.99. The molecule has 0 atom stereocenters. The summed E-state index contributed by atoms with van der Waals surface area (Å²) in [6.07, 6.45) is 4.18. The van der Waals surface area contributed by atoms with Crippen LogP contribution < -0.4 is 5.32 Å². The number of hydrogen-bond acceptors (Lipinski definition) is 4. The van der Waals surface area contributed by atoms with Crippen molar-refractivity contribution in [2.75, 3.05) is 31.6 Å². The molecule has 1 aromatic heterocycles. The molecule has 98 valence electrons. The number of nitrogens with one attached hydrogen (secondary N) is 1. The fourth-order valence-electron chi connectivity index (χ4n) is 2.56. The van der Waals surface area contributed by atoms with Crippen LogP contribution in [0.1, 0.15) is 12.8 Å². The first-order chi connectivity index (χ1) is 8.83. The third kappa shape index (κ3) is 2.68. The average molecular weight is 312 g/mol. The molecule has 0 spiro atoms. The van der Waals surface area contributed by atoms with Crippen molar-refractivity contribution < 1.29 is 4.74 Å². The van der Waals surface area contributed by atoms with E-state index in [2.05, 4.69) is 37.2 Å². The number of likely N-dealkylation sites (tertiary alicyclic amines) is 1. The summed E-state index contributed by atoms with van der Waals surface area (Å²) in [6, 6.07) is 5.27.